The highest BCUT2D eigenvalue weighted by molar-refractivity contribution is 4.75. The molecule has 0 bridgehead atoms. The van der Waals surface area contributed by atoms with E-state index in [0.29, 0.717) is 0 Å². The van der Waals surface area contributed by atoms with Crippen molar-refractivity contribution in [1.82, 2.24) is 5.48 Å². The first-order valence-electron chi connectivity index (χ1n) is 1.98. The van der Waals surface area contributed by atoms with Gasteiger partial charge in [0.05, 0.1) is 6.54 Å². The van der Waals surface area contributed by atoms with Gasteiger partial charge in [-0.25, -0.2) is 0 Å². The van der Waals surface area contributed by atoms with Gasteiger partial charge in [0.2, 0.25) is 0 Å². The van der Waals surface area contributed by atoms with Crippen LogP contribution in [0.25, 0.3) is 0 Å². The van der Waals surface area contributed by atoms with Crippen LogP contribution in [0.3, 0.4) is 0 Å². The predicted octanol–water partition coefficient (Wildman–Crippen LogP) is 0.440. The summed E-state index contributed by atoms with van der Waals surface area (Å²) in [6, 6.07) is 0. The molecule has 33 valence electrons. The Hall–Kier alpha value is -0.500. The molecule has 0 N–H and O–H groups in total. The van der Waals surface area contributed by atoms with E-state index in [1.165, 1.54) is 0 Å². The van der Waals surface area contributed by atoms with Gasteiger partial charge >= 0.3 is 0 Å². The molecule has 1 rings (SSSR count). The zero-order chi connectivity index (χ0) is 4.24. The average molecular weight is 84.1 g/mol. The van der Waals surface area contributed by atoms with Crippen LogP contribution < -0.4 is 5.48 Å². The van der Waals surface area contributed by atoms with Crippen molar-refractivity contribution in [2.75, 3.05) is 6.54 Å². The van der Waals surface area contributed by atoms with Gasteiger partial charge in [-0.2, -0.15) is 0 Å². The van der Waals surface area contributed by atoms with Crippen molar-refractivity contribution >= 4 is 0 Å². The van der Waals surface area contributed by atoms with Gasteiger partial charge in [-0.05, 0) is 18.0 Å². The van der Waals surface area contributed by atoms with Crippen LogP contribution in [0.4, 0.5) is 0 Å². The third-order valence-corrected chi connectivity index (χ3v) is 0.619. The summed E-state index contributed by atoms with van der Waals surface area (Å²) < 4.78 is 0. The van der Waals surface area contributed by atoms with Crippen molar-refractivity contribution in [3.05, 3.63) is 12.3 Å². The Labute approximate surface area is 36.8 Å². The lowest BCUT2D eigenvalue weighted by atomic mass is 10.4. The number of hydrogen-bond acceptors (Lipinski definition) is 1. The Kier molecular flexibility index (Phi) is 1.12. The molecule has 0 saturated carbocycles. The third kappa shape index (κ3) is 0.723. The van der Waals surface area contributed by atoms with Crippen LogP contribution in [0.5, 0.6) is 0 Å². The molecule has 0 aliphatic carbocycles. The molecular formula is C4H6NO. The predicted molar refractivity (Wildman–Crippen MR) is 21.8 cm³/mol. The first kappa shape index (κ1) is 3.68. The SMILES string of the molecule is C1=CO[N]CC1. The van der Waals surface area contributed by atoms with Crippen LogP contribution in [-0.4, -0.2) is 6.54 Å². The highest BCUT2D eigenvalue weighted by Gasteiger charge is 1.87. The largest absolute Gasteiger partial charge is 0.396 e. The third-order valence-electron chi connectivity index (χ3n) is 0.619. The van der Waals surface area contributed by atoms with Gasteiger partial charge in [0, 0.05) is 0 Å². The zero-order valence-electron chi connectivity index (χ0n) is 3.42. The molecule has 0 atom stereocenters. The summed E-state index contributed by atoms with van der Waals surface area (Å²) >= 11 is 0. The molecular weight excluding hydrogens is 78.0 g/mol. The van der Waals surface area contributed by atoms with E-state index in [9.17, 15) is 0 Å². The van der Waals surface area contributed by atoms with E-state index in [1.54, 1.807) is 6.26 Å². The van der Waals surface area contributed by atoms with Crippen molar-refractivity contribution in [3.63, 3.8) is 0 Å². The summed E-state index contributed by atoms with van der Waals surface area (Å²) in [5, 5.41) is 0. The van der Waals surface area contributed by atoms with E-state index < -0.39 is 0 Å². The monoisotopic (exact) mass is 84.0 g/mol. The first-order valence-corrected chi connectivity index (χ1v) is 1.98. The molecule has 1 heterocycles. The van der Waals surface area contributed by atoms with Gasteiger partial charge in [-0.1, -0.05) is 0 Å². The Morgan fingerprint density at radius 1 is 1.67 bits per heavy atom. The minimum Gasteiger partial charge on any atom is -0.396 e. The summed E-state index contributed by atoms with van der Waals surface area (Å²) in [5.41, 5.74) is 3.59. The Morgan fingerprint density at radius 3 is 2.83 bits per heavy atom. The molecule has 0 aromatic carbocycles. The van der Waals surface area contributed by atoms with E-state index in [0.717, 1.165) is 13.0 Å². The standard InChI is InChI=1S/C4H6NO/c1-2-4-6-5-3-1/h2,4H,1,3H2. The minimum atomic E-state index is 0.816. The fourth-order valence-electron chi connectivity index (χ4n) is 0.334. The second-order valence-corrected chi connectivity index (χ2v) is 1.12. The van der Waals surface area contributed by atoms with Crippen LogP contribution in [0.2, 0.25) is 0 Å². The molecule has 2 heteroatoms. The van der Waals surface area contributed by atoms with Gasteiger partial charge in [0.1, 0.15) is 6.26 Å². The van der Waals surface area contributed by atoms with Crippen molar-refractivity contribution in [1.29, 1.82) is 0 Å². The quantitative estimate of drug-likeness (QED) is 0.417. The van der Waals surface area contributed by atoms with Crippen molar-refractivity contribution in [2.24, 2.45) is 0 Å². The topological polar surface area (TPSA) is 23.3 Å². The van der Waals surface area contributed by atoms with Crippen molar-refractivity contribution in [3.8, 4) is 0 Å². The van der Waals surface area contributed by atoms with Gasteiger partial charge in [0.15, 0.2) is 0 Å². The van der Waals surface area contributed by atoms with Crippen molar-refractivity contribution in [2.45, 2.75) is 6.42 Å². The maximum Gasteiger partial charge on any atom is 0.109 e. The van der Waals surface area contributed by atoms with Crippen LogP contribution >= 0.6 is 0 Å². The fraction of sp³-hybridized carbons (Fsp3) is 0.500. The van der Waals surface area contributed by atoms with Gasteiger partial charge in [-0.15, -0.1) is 0 Å². The lowest BCUT2D eigenvalue weighted by Gasteiger charge is -1.99. The molecule has 0 amide bonds. The lowest BCUT2D eigenvalue weighted by molar-refractivity contribution is 0.115. The Bertz CT molecular complexity index is 52.6. The fourth-order valence-corrected chi connectivity index (χ4v) is 0.334. The van der Waals surface area contributed by atoms with E-state index in [2.05, 4.69) is 10.3 Å². The van der Waals surface area contributed by atoms with Gasteiger partial charge in [0.25, 0.3) is 0 Å². The van der Waals surface area contributed by atoms with Crippen LogP contribution in [-0.2, 0) is 4.84 Å². The first-order chi connectivity index (χ1) is 3.00. The second kappa shape index (κ2) is 1.82. The normalized spacial score (nSPS) is 20.0. The highest BCUT2D eigenvalue weighted by atomic mass is 16.6. The molecule has 1 aliphatic rings. The maximum absolute atomic E-state index is 4.51. The Morgan fingerprint density at radius 2 is 2.67 bits per heavy atom. The molecule has 6 heavy (non-hydrogen) atoms. The molecule has 1 aliphatic heterocycles. The molecule has 0 unspecified atom stereocenters. The smallest absolute Gasteiger partial charge is 0.109 e. The van der Waals surface area contributed by atoms with Crippen molar-refractivity contribution < 1.29 is 4.84 Å². The zero-order valence-corrected chi connectivity index (χ0v) is 3.42. The van der Waals surface area contributed by atoms with Crippen LogP contribution in [0.1, 0.15) is 6.42 Å². The van der Waals surface area contributed by atoms with E-state index in [4.69, 9.17) is 0 Å². The molecule has 0 aromatic rings. The molecule has 2 nitrogen and oxygen atoms in total. The lowest BCUT2D eigenvalue weighted by Crippen LogP contribution is -2.06. The van der Waals surface area contributed by atoms with E-state index >= 15 is 0 Å². The average Bonchev–Trinajstić information content (AvgIpc) is 1.72. The Balaban J connectivity index is 2.26. The highest BCUT2D eigenvalue weighted by Crippen LogP contribution is 1.88. The molecule has 1 radical (unpaired) electrons. The second-order valence-electron chi connectivity index (χ2n) is 1.12. The summed E-state index contributed by atoms with van der Waals surface area (Å²) in [6.45, 7) is 0.816. The van der Waals surface area contributed by atoms with Crippen LogP contribution in [0.15, 0.2) is 12.3 Å². The summed E-state index contributed by atoms with van der Waals surface area (Å²) in [6.07, 6.45) is 4.58. The number of hydrogen-bond donors (Lipinski definition) is 0. The van der Waals surface area contributed by atoms with E-state index in [1.807, 2.05) is 6.08 Å². The molecule has 0 aromatic heterocycles. The molecule has 0 spiro atoms. The summed E-state index contributed by atoms with van der Waals surface area (Å²) in [7, 11) is 0. The number of nitrogens with zero attached hydrogens (tertiary/aromatic N) is 1. The molecule has 0 saturated heterocycles. The summed E-state index contributed by atoms with van der Waals surface area (Å²) in [4.78, 5) is 4.51. The number of rotatable bonds is 0. The molecule has 0 fully saturated rings. The maximum atomic E-state index is 4.51. The number of hydroxylamine groups is 1. The van der Waals surface area contributed by atoms with E-state index in [-0.39, 0.29) is 0 Å². The van der Waals surface area contributed by atoms with Gasteiger partial charge < -0.3 is 4.84 Å². The minimum absolute atomic E-state index is 0.816. The van der Waals surface area contributed by atoms with Crippen LogP contribution in [0, 0.1) is 0 Å². The van der Waals surface area contributed by atoms with Gasteiger partial charge in [-0.3, -0.25) is 0 Å². The summed E-state index contributed by atoms with van der Waals surface area (Å²) in [5.74, 6) is 0.